The van der Waals surface area contributed by atoms with Crippen LogP contribution >= 0.6 is 23.4 Å². The smallest absolute Gasteiger partial charge is 0.230 e. The van der Waals surface area contributed by atoms with E-state index in [-0.39, 0.29) is 17.7 Å². The largest absolute Gasteiger partial charge is 0.468 e. The maximum atomic E-state index is 12.5. The molecule has 0 bridgehead atoms. The van der Waals surface area contributed by atoms with Crippen LogP contribution in [0.1, 0.15) is 31.2 Å². The van der Waals surface area contributed by atoms with Gasteiger partial charge < -0.3 is 9.73 Å². The third-order valence-electron chi connectivity index (χ3n) is 4.90. The molecule has 0 fully saturated rings. The lowest BCUT2D eigenvalue weighted by Crippen LogP contribution is -2.38. The molecule has 3 rings (SSSR count). The summed E-state index contributed by atoms with van der Waals surface area (Å²) in [5.41, 5.74) is 1.86. The van der Waals surface area contributed by atoms with Crippen LogP contribution in [0, 0.1) is 6.92 Å². The maximum absolute atomic E-state index is 12.5. The first kappa shape index (κ1) is 22.4. The van der Waals surface area contributed by atoms with Gasteiger partial charge in [-0.25, -0.2) is 0 Å². The predicted octanol–water partition coefficient (Wildman–Crippen LogP) is 4.11. The second kappa shape index (κ2) is 10.7. The quantitative estimate of drug-likeness (QED) is 0.471. The van der Waals surface area contributed by atoms with E-state index in [1.165, 1.54) is 11.8 Å². The fourth-order valence-electron chi connectivity index (χ4n) is 3.18. The second-order valence-corrected chi connectivity index (χ2v) is 8.11. The van der Waals surface area contributed by atoms with Crippen molar-refractivity contribution in [2.24, 2.45) is 0 Å². The van der Waals surface area contributed by atoms with Gasteiger partial charge in [-0.1, -0.05) is 43.3 Å². The summed E-state index contributed by atoms with van der Waals surface area (Å²) in [5.74, 6) is 1.02. The lowest BCUT2D eigenvalue weighted by Gasteiger charge is -2.28. The van der Waals surface area contributed by atoms with E-state index in [0.29, 0.717) is 16.7 Å². The molecule has 1 atom stereocenters. The SMILES string of the molecule is CCN(CC)C(CNC(=O)CSc1nncn1-c1ccc(C)c(Cl)c1)c1ccco1. The number of amides is 1. The lowest BCUT2D eigenvalue weighted by molar-refractivity contribution is -0.118. The van der Waals surface area contributed by atoms with E-state index in [1.54, 1.807) is 12.6 Å². The van der Waals surface area contributed by atoms with Crippen LogP contribution in [0.3, 0.4) is 0 Å². The van der Waals surface area contributed by atoms with Crippen molar-refractivity contribution in [3.63, 3.8) is 0 Å². The van der Waals surface area contributed by atoms with E-state index < -0.39 is 0 Å². The highest BCUT2D eigenvalue weighted by atomic mass is 35.5. The molecule has 9 heteroatoms. The van der Waals surface area contributed by atoms with Crippen molar-refractivity contribution in [1.82, 2.24) is 25.0 Å². The topological polar surface area (TPSA) is 76.2 Å². The Morgan fingerprint density at radius 1 is 1.33 bits per heavy atom. The standard InChI is InChI=1S/C21H26ClN5O2S/c1-4-26(5-2)18(19-7-6-10-29-19)12-23-20(28)13-30-21-25-24-14-27(21)16-9-8-15(3)17(22)11-16/h6-11,14,18H,4-5,12-13H2,1-3H3,(H,23,28). The van der Waals surface area contributed by atoms with E-state index in [9.17, 15) is 4.79 Å². The van der Waals surface area contributed by atoms with Crippen LogP contribution < -0.4 is 5.32 Å². The Bertz CT molecular complexity index is 956. The fraction of sp³-hybridized carbons (Fsp3) is 0.381. The van der Waals surface area contributed by atoms with Crippen molar-refractivity contribution in [2.75, 3.05) is 25.4 Å². The first-order valence-electron chi connectivity index (χ1n) is 9.87. The minimum absolute atomic E-state index is 0.00213. The number of aromatic nitrogens is 3. The van der Waals surface area contributed by atoms with Gasteiger partial charge in [-0.15, -0.1) is 10.2 Å². The number of nitrogens with zero attached hydrogens (tertiary/aromatic N) is 4. The molecule has 0 saturated carbocycles. The van der Waals surface area contributed by atoms with Crippen LogP contribution in [0.25, 0.3) is 5.69 Å². The fourth-order valence-corrected chi connectivity index (χ4v) is 4.11. The zero-order valence-electron chi connectivity index (χ0n) is 17.3. The molecule has 2 aromatic heterocycles. The molecule has 1 aromatic carbocycles. The normalized spacial score (nSPS) is 12.3. The zero-order valence-corrected chi connectivity index (χ0v) is 18.9. The highest BCUT2D eigenvalue weighted by Crippen LogP contribution is 2.24. The molecule has 160 valence electrons. The van der Waals surface area contributed by atoms with E-state index in [2.05, 4.69) is 34.3 Å². The monoisotopic (exact) mass is 447 g/mol. The highest BCUT2D eigenvalue weighted by Gasteiger charge is 2.21. The van der Waals surface area contributed by atoms with Crippen molar-refractivity contribution >= 4 is 29.3 Å². The van der Waals surface area contributed by atoms with Crippen molar-refractivity contribution in [3.05, 3.63) is 59.3 Å². The first-order valence-corrected chi connectivity index (χ1v) is 11.2. The minimum Gasteiger partial charge on any atom is -0.468 e. The Balaban J connectivity index is 1.60. The molecule has 1 unspecified atom stereocenters. The number of aryl methyl sites for hydroxylation is 1. The van der Waals surface area contributed by atoms with Crippen molar-refractivity contribution in [3.8, 4) is 5.69 Å². The van der Waals surface area contributed by atoms with Gasteiger partial charge in [-0.05, 0) is 49.8 Å². The van der Waals surface area contributed by atoms with Crippen LogP contribution in [0.15, 0.2) is 52.5 Å². The van der Waals surface area contributed by atoms with Gasteiger partial charge in [0.25, 0.3) is 0 Å². The van der Waals surface area contributed by atoms with Crippen LogP contribution in [0.2, 0.25) is 5.02 Å². The number of hydrogen-bond acceptors (Lipinski definition) is 6. The molecule has 3 aromatic rings. The molecular weight excluding hydrogens is 422 g/mol. The molecule has 1 N–H and O–H groups in total. The summed E-state index contributed by atoms with van der Waals surface area (Å²) >= 11 is 7.57. The summed E-state index contributed by atoms with van der Waals surface area (Å²) < 4.78 is 7.41. The average Bonchev–Trinajstić information content (AvgIpc) is 3.43. The molecule has 0 spiro atoms. The summed E-state index contributed by atoms with van der Waals surface area (Å²) in [7, 11) is 0. The molecule has 0 aliphatic heterocycles. The number of likely N-dealkylation sites (N-methyl/N-ethyl adjacent to an activating group) is 1. The Morgan fingerprint density at radius 2 is 2.13 bits per heavy atom. The number of hydrogen-bond donors (Lipinski definition) is 1. The Morgan fingerprint density at radius 3 is 2.80 bits per heavy atom. The van der Waals surface area contributed by atoms with E-state index in [0.717, 1.165) is 30.1 Å². The number of carbonyl (C=O) groups is 1. The van der Waals surface area contributed by atoms with Gasteiger partial charge in [-0.3, -0.25) is 14.3 Å². The molecule has 0 saturated heterocycles. The molecule has 0 radical (unpaired) electrons. The van der Waals surface area contributed by atoms with Crippen molar-refractivity contribution in [1.29, 1.82) is 0 Å². The van der Waals surface area contributed by atoms with Crippen LogP contribution in [-0.2, 0) is 4.79 Å². The molecule has 0 aliphatic rings. The maximum Gasteiger partial charge on any atom is 0.230 e. The zero-order chi connectivity index (χ0) is 21.5. The van der Waals surface area contributed by atoms with E-state index >= 15 is 0 Å². The molecular formula is C21H26ClN5O2S. The van der Waals surface area contributed by atoms with Crippen LogP contribution in [0.4, 0.5) is 0 Å². The number of thioether (sulfide) groups is 1. The number of furan rings is 1. The van der Waals surface area contributed by atoms with Gasteiger partial charge in [0.2, 0.25) is 5.91 Å². The molecule has 30 heavy (non-hydrogen) atoms. The molecule has 7 nitrogen and oxygen atoms in total. The van der Waals surface area contributed by atoms with E-state index in [1.807, 2.05) is 41.8 Å². The molecule has 1 amide bonds. The Labute approximate surface area is 185 Å². The number of rotatable bonds is 10. The number of nitrogens with one attached hydrogen (secondary N) is 1. The van der Waals surface area contributed by atoms with Gasteiger partial charge >= 0.3 is 0 Å². The third-order valence-corrected chi connectivity index (χ3v) is 6.25. The summed E-state index contributed by atoms with van der Waals surface area (Å²) in [6.45, 7) is 8.37. The summed E-state index contributed by atoms with van der Waals surface area (Å²) in [6.07, 6.45) is 3.28. The number of halogens is 1. The predicted molar refractivity (Wildman–Crippen MR) is 119 cm³/mol. The van der Waals surface area contributed by atoms with Gasteiger partial charge in [0.15, 0.2) is 5.16 Å². The average molecular weight is 448 g/mol. The minimum atomic E-state index is -0.0693. The van der Waals surface area contributed by atoms with Gasteiger partial charge in [0, 0.05) is 11.6 Å². The van der Waals surface area contributed by atoms with E-state index in [4.69, 9.17) is 16.0 Å². The van der Waals surface area contributed by atoms with Gasteiger partial charge in [-0.2, -0.15) is 0 Å². The highest BCUT2D eigenvalue weighted by molar-refractivity contribution is 7.99. The summed E-state index contributed by atoms with van der Waals surface area (Å²) in [5, 5.41) is 12.4. The summed E-state index contributed by atoms with van der Waals surface area (Å²) in [4.78, 5) is 14.8. The van der Waals surface area contributed by atoms with Crippen LogP contribution in [0.5, 0.6) is 0 Å². The summed E-state index contributed by atoms with van der Waals surface area (Å²) in [6, 6.07) is 9.57. The Hall–Kier alpha value is -2.29. The first-order chi connectivity index (χ1) is 14.5. The lowest BCUT2D eigenvalue weighted by atomic mass is 10.2. The second-order valence-electron chi connectivity index (χ2n) is 6.76. The van der Waals surface area contributed by atoms with Crippen LogP contribution in [-0.4, -0.2) is 51.0 Å². The number of benzene rings is 1. The molecule has 0 aliphatic carbocycles. The number of carbonyl (C=O) groups excluding carboxylic acids is 1. The van der Waals surface area contributed by atoms with Gasteiger partial charge in [0.1, 0.15) is 12.1 Å². The third kappa shape index (κ3) is 5.44. The van der Waals surface area contributed by atoms with Crippen molar-refractivity contribution < 1.29 is 9.21 Å². The van der Waals surface area contributed by atoms with Crippen molar-refractivity contribution in [2.45, 2.75) is 32.0 Å². The Kier molecular flexibility index (Phi) is 7.95. The molecule has 2 heterocycles. The van der Waals surface area contributed by atoms with Gasteiger partial charge in [0.05, 0.1) is 23.7 Å².